The van der Waals surface area contributed by atoms with E-state index in [1.165, 1.54) is 12.8 Å². The molecule has 2 fully saturated rings. The summed E-state index contributed by atoms with van der Waals surface area (Å²) < 4.78 is 3.95. The van der Waals surface area contributed by atoms with Crippen LogP contribution in [-0.4, -0.2) is 43.9 Å². The maximum absolute atomic E-state index is 9.98. The number of piperidine rings is 1. The minimum Gasteiger partial charge on any atom is -0.391 e. The number of aromatic nitrogens is 4. The highest BCUT2D eigenvalue weighted by molar-refractivity contribution is 6.34. The smallest absolute Gasteiger partial charge is 0.103 e. The summed E-state index contributed by atoms with van der Waals surface area (Å²) in [6.45, 7) is 1.54. The monoisotopic (exact) mass is 357 g/mol. The largest absolute Gasteiger partial charge is 0.391 e. The van der Waals surface area contributed by atoms with E-state index in [-0.39, 0.29) is 6.10 Å². The number of rotatable bonds is 3. The van der Waals surface area contributed by atoms with Crippen LogP contribution in [0.15, 0.2) is 30.7 Å². The van der Waals surface area contributed by atoms with Crippen molar-refractivity contribution in [2.24, 2.45) is 0 Å². The van der Waals surface area contributed by atoms with Crippen LogP contribution in [0.3, 0.4) is 0 Å². The summed E-state index contributed by atoms with van der Waals surface area (Å²) in [6.07, 6.45) is 9.72. The average molecular weight is 358 g/mol. The number of anilines is 1. The van der Waals surface area contributed by atoms with Crippen LogP contribution in [0.4, 0.5) is 5.69 Å². The van der Waals surface area contributed by atoms with E-state index in [0.717, 1.165) is 41.7 Å². The third-order valence-corrected chi connectivity index (χ3v) is 5.43. The molecule has 1 saturated heterocycles. The van der Waals surface area contributed by atoms with Gasteiger partial charge in [0.1, 0.15) is 5.69 Å². The van der Waals surface area contributed by atoms with Gasteiger partial charge in [0.15, 0.2) is 0 Å². The highest BCUT2D eigenvalue weighted by Crippen LogP contribution is 2.36. The molecule has 0 spiro atoms. The summed E-state index contributed by atoms with van der Waals surface area (Å²) in [5.74, 6) is 0. The van der Waals surface area contributed by atoms with Crippen molar-refractivity contribution in [3.05, 3.63) is 35.7 Å². The lowest BCUT2D eigenvalue weighted by Gasteiger charge is -2.32. The number of hydrogen-bond acceptors (Lipinski definition) is 4. The van der Waals surface area contributed by atoms with Gasteiger partial charge in [-0.25, -0.2) is 4.68 Å². The van der Waals surface area contributed by atoms with Crippen molar-refractivity contribution in [1.82, 2.24) is 19.6 Å². The Kier molecular flexibility index (Phi) is 3.50. The van der Waals surface area contributed by atoms with E-state index in [0.29, 0.717) is 17.6 Å². The first-order chi connectivity index (χ1) is 12.2. The molecule has 5 rings (SSSR count). The number of nitrogens with zero attached hydrogens (tertiary/aromatic N) is 5. The van der Waals surface area contributed by atoms with Crippen LogP contribution in [0, 0.1) is 0 Å². The van der Waals surface area contributed by atoms with Crippen molar-refractivity contribution < 1.29 is 5.11 Å². The van der Waals surface area contributed by atoms with Gasteiger partial charge < -0.3 is 10.0 Å². The fraction of sp³-hybridized carbons (Fsp3) is 0.444. The van der Waals surface area contributed by atoms with Gasteiger partial charge >= 0.3 is 0 Å². The predicted octanol–water partition coefficient (Wildman–Crippen LogP) is 3.17. The van der Waals surface area contributed by atoms with E-state index < -0.39 is 0 Å². The lowest BCUT2D eigenvalue weighted by Crippen LogP contribution is -2.38. The molecule has 1 atom stereocenters. The second-order valence-electron chi connectivity index (χ2n) is 7.07. The molecule has 2 aromatic heterocycles. The molecule has 0 unspecified atom stereocenters. The standard InChI is InChI=1S/C18H20ClN5O/c19-16-6-12-8-21-24(14-9-20-23(10-14)13-3-4-13)17(12)7-18(16)22-5-1-2-15(25)11-22/h6-10,13,15,25H,1-5,11H2/t15-/m0/s1. The van der Waals surface area contributed by atoms with Crippen molar-refractivity contribution in [3.8, 4) is 5.69 Å². The molecule has 1 aliphatic carbocycles. The van der Waals surface area contributed by atoms with Crippen LogP contribution in [0.5, 0.6) is 0 Å². The van der Waals surface area contributed by atoms with Crippen LogP contribution in [-0.2, 0) is 0 Å². The van der Waals surface area contributed by atoms with Crippen LogP contribution in [0.1, 0.15) is 31.7 Å². The summed E-state index contributed by atoms with van der Waals surface area (Å²) in [4.78, 5) is 2.17. The van der Waals surface area contributed by atoms with Gasteiger partial charge in [-0.1, -0.05) is 11.6 Å². The first-order valence-electron chi connectivity index (χ1n) is 8.84. The molecule has 0 bridgehead atoms. The lowest BCUT2D eigenvalue weighted by molar-refractivity contribution is 0.154. The van der Waals surface area contributed by atoms with Gasteiger partial charge in [-0.3, -0.25) is 4.68 Å². The van der Waals surface area contributed by atoms with Crippen molar-refractivity contribution in [2.45, 2.75) is 37.8 Å². The number of β-amino-alcohol motifs (C(OH)–C–C–N with tert-alkyl or cyclic N) is 1. The molecule has 2 aliphatic rings. The van der Waals surface area contributed by atoms with Crippen molar-refractivity contribution >= 4 is 28.2 Å². The topological polar surface area (TPSA) is 59.1 Å². The molecular weight excluding hydrogens is 338 g/mol. The molecule has 1 saturated carbocycles. The number of aliphatic hydroxyl groups is 1. The molecule has 6 nitrogen and oxygen atoms in total. The summed E-state index contributed by atoms with van der Waals surface area (Å²) in [6, 6.07) is 4.59. The Labute approximate surface area is 150 Å². The van der Waals surface area contributed by atoms with Crippen molar-refractivity contribution in [1.29, 1.82) is 0 Å². The van der Waals surface area contributed by atoms with Crippen molar-refractivity contribution in [2.75, 3.05) is 18.0 Å². The fourth-order valence-corrected chi connectivity index (χ4v) is 3.92. The normalized spacial score (nSPS) is 21.2. The zero-order chi connectivity index (χ0) is 17.0. The summed E-state index contributed by atoms with van der Waals surface area (Å²) in [7, 11) is 0. The Morgan fingerprint density at radius 3 is 2.80 bits per heavy atom. The molecule has 7 heteroatoms. The van der Waals surface area contributed by atoms with E-state index in [4.69, 9.17) is 11.6 Å². The van der Waals surface area contributed by atoms with Gasteiger partial charge in [-0.05, 0) is 37.8 Å². The van der Waals surface area contributed by atoms with Gasteiger partial charge in [0, 0.05) is 18.5 Å². The minimum atomic E-state index is -0.290. The third kappa shape index (κ3) is 2.69. The van der Waals surface area contributed by atoms with E-state index in [9.17, 15) is 5.11 Å². The lowest BCUT2D eigenvalue weighted by atomic mass is 10.1. The number of hydrogen-bond donors (Lipinski definition) is 1. The molecule has 1 N–H and O–H groups in total. The van der Waals surface area contributed by atoms with E-state index in [1.807, 2.05) is 27.8 Å². The van der Waals surface area contributed by atoms with Gasteiger partial charge in [0.25, 0.3) is 0 Å². The number of fused-ring (bicyclic) bond motifs is 1. The Balaban J connectivity index is 1.57. The molecule has 3 aromatic rings. The van der Waals surface area contributed by atoms with Crippen LogP contribution in [0.25, 0.3) is 16.6 Å². The molecule has 0 radical (unpaired) electrons. The Bertz CT molecular complexity index is 929. The minimum absolute atomic E-state index is 0.290. The molecule has 130 valence electrons. The quantitative estimate of drug-likeness (QED) is 0.782. The first kappa shape index (κ1) is 15.2. The third-order valence-electron chi connectivity index (χ3n) is 5.13. The Hall–Kier alpha value is -2.05. The molecule has 0 amide bonds. The molecular formula is C18H20ClN5O. The number of aliphatic hydroxyl groups excluding tert-OH is 1. The number of benzene rings is 1. The maximum atomic E-state index is 9.98. The Morgan fingerprint density at radius 1 is 1.12 bits per heavy atom. The van der Waals surface area contributed by atoms with Gasteiger partial charge in [-0.15, -0.1) is 0 Å². The molecule has 1 aromatic carbocycles. The summed E-state index contributed by atoms with van der Waals surface area (Å²) in [5, 5.41) is 20.7. The van der Waals surface area contributed by atoms with Crippen molar-refractivity contribution in [3.63, 3.8) is 0 Å². The summed E-state index contributed by atoms with van der Waals surface area (Å²) in [5.41, 5.74) is 2.94. The SMILES string of the molecule is O[C@H]1CCCN(c2cc3c(cnn3-c3cnn(C4CC4)c3)cc2Cl)C1. The fourth-order valence-electron chi connectivity index (χ4n) is 3.63. The maximum Gasteiger partial charge on any atom is 0.103 e. The second kappa shape index (κ2) is 5.75. The molecule has 25 heavy (non-hydrogen) atoms. The molecule has 3 heterocycles. The highest BCUT2D eigenvalue weighted by Gasteiger charge is 2.25. The second-order valence-corrected chi connectivity index (χ2v) is 7.48. The van der Waals surface area contributed by atoms with Crippen LogP contribution in [0.2, 0.25) is 5.02 Å². The number of halogens is 1. The average Bonchev–Trinajstić information content (AvgIpc) is 3.20. The highest BCUT2D eigenvalue weighted by atomic mass is 35.5. The van der Waals surface area contributed by atoms with E-state index in [2.05, 4.69) is 27.4 Å². The van der Waals surface area contributed by atoms with E-state index in [1.54, 1.807) is 0 Å². The van der Waals surface area contributed by atoms with Gasteiger partial charge in [-0.2, -0.15) is 10.2 Å². The van der Waals surface area contributed by atoms with Gasteiger partial charge in [0.05, 0.1) is 47.0 Å². The van der Waals surface area contributed by atoms with Gasteiger partial charge in [0.2, 0.25) is 0 Å². The predicted molar refractivity (Wildman–Crippen MR) is 97.6 cm³/mol. The van der Waals surface area contributed by atoms with Crippen LogP contribution >= 0.6 is 11.6 Å². The zero-order valence-corrected chi connectivity index (χ0v) is 14.6. The van der Waals surface area contributed by atoms with Crippen LogP contribution < -0.4 is 4.90 Å². The van der Waals surface area contributed by atoms with E-state index >= 15 is 0 Å². The summed E-state index contributed by atoms with van der Waals surface area (Å²) >= 11 is 6.52. The molecule has 1 aliphatic heterocycles. The Morgan fingerprint density at radius 2 is 2.00 bits per heavy atom. The first-order valence-corrected chi connectivity index (χ1v) is 9.21. The zero-order valence-electron chi connectivity index (χ0n) is 13.8.